The number of fused-ring (bicyclic) bond motifs is 3. The van der Waals surface area contributed by atoms with Crippen LogP contribution < -0.4 is 5.32 Å². The quantitative estimate of drug-likeness (QED) is 0.572. The van der Waals surface area contributed by atoms with Crippen LogP contribution in [0.5, 0.6) is 0 Å². The van der Waals surface area contributed by atoms with Crippen molar-refractivity contribution in [1.29, 1.82) is 0 Å². The maximum absolute atomic E-state index is 13.5. The predicted molar refractivity (Wildman–Crippen MR) is 117 cm³/mol. The van der Waals surface area contributed by atoms with Gasteiger partial charge in [0, 0.05) is 5.69 Å². The molecule has 0 bridgehead atoms. The van der Waals surface area contributed by atoms with Crippen LogP contribution in [-0.4, -0.2) is 5.91 Å². The molecule has 3 aliphatic carbocycles. The summed E-state index contributed by atoms with van der Waals surface area (Å²) < 4.78 is 0. The summed E-state index contributed by atoms with van der Waals surface area (Å²) in [6.07, 6.45) is 11.0. The molecule has 0 spiro atoms. The van der Waals surface area contributed by atoms with Crippen LogP contribution in [0.25, 0.3) is 0 Å². The Labute approximate surface area is 171 Å². The van der Waals surface area contributed by atoms with Crippen LogP contribution in [0.2, 0.25) is 0 Å². The van der Waals surface area contributed by atoms with Gasteiger partial charge in [-0.15, -0.1) is 0 Å². The van der Waals surface area contributed by atoms with Crippen LogP contribution in [0.4, 0.5) is 5.69 Å². The molecule has 3 aliphatic rings. The van der Waals surface area contributed by atoms with E-state index in [9.17, 15) is 4.79 Å². The Balaban J connectivity index is 1.60. The van der Waals surface area contributed by atoms with Crippen molar-refractivity contribution in [2.75, 3.05) is 5.32 Å². The molecule has 28 heavy (non-hydrogen) atoms. The average molecular weight is 380 g/mol. The van der Waals surface area contributed by atoms with E-state index in [2.05, 4.69) is 39.1 Å². The van der Waals surface area contributed by atoms with E-state index in [0.29, 0.717) is 11.8 Å². The zero-order valence-electron chi connectivity index (χ0n) is 18.1. The second-order valence-electron chi connectivity index (χ2n) is 10.5. The zero-order valence-corrected chi connectivity index (χ0v) is 18.1. The van der Waals surface area contributed by atoms with Gasteiger partial charge in [-0.3, -0.25) is 4.79 Å². The molecular weight excluding hydrogens is 342 g/mol. The monoisotopic (exact) mass is 379 g/mol. The number of amides is 1. The molecule has 1 aromatic rings. The lowest BCUT2D eigenvalue weighted by Crippen LogP contribution is -2.54. The van der Waals surface area contributed by atoms with Crippen molar-refractivity contribution >= 4 is 11.6 Å². The van der Waals surface area contributed by atoms with Gasteiger partial charge in [0.1, 0.15) is 0 Å². The Morgan fingerprint density at radius 2 is 1.86 bits per heavy atom. The number of anilines is 1. The largest absolute Gasteiger partial charge is 0.326 e. The van der Waals surface area contributed by atoms with Crippen LogP contribution >= 0.6 is 0 Å². The fourth-order valence-electron chi connectivity index (χ4n) is 6.86. The van der Waals surface area contributed by atoms with Crippen LogP contribution in [0.15, 0.2) is 42.0 Å². The molecule has 2 saturated carbocycles. The summed E-state index contributed by atoms with van der Waals surface area (Å²) in [6.45, 7) is 9.51. The summed E-state index contributed by atoms with van der Waals surface area (Å²) >= 11 is 0. The standard InChI is InChI=1S/C26H37NO/c1-18(2)19-11-13-22-20(17-19)12-14-23-25(22,3)15-8-16-26(23,4)24(28)27-21-9-6-5-7-10-21/h5-7,9-10,12,18-19,22-23H,8,11,13-17H2,1-4H3,(H,27,28)/t19?,22-,23?,25+,26+/m0/s1. The highest BCUT2D eigenvalue weighted by Gasteiger charge is 2.57. The highest BCUT2D eigenvalue weighted by Crippen LogP contribution is 2.63. The smallest absolute Gasteiger partial charge is 0.230 e. The molecule has 1 N–H and O–H groups in total. The summed E-state index contributed by atoms with van der Waals surface area (Å²) in [5.74, 6) is 2.98. The van der Waals surface area contributed by atoms with E-state index in [1.165, 1.54) is 32.1 Å². The number of benzene rings is 1. The Kier molecular flexibility index (Phi) is 5.18. The molecule has 0 radical (unpaired) electrons. The van der Waals surface area contributed by atoms with Crippen molar-refractivity contribution in [3.8, 4) is 0 Å². The van der Waals surface area contributed by atoms with Gasteiger partial charge in [-0.25, -0.2) is 0 Å². The molecule has 1 amide bonds. The van der Waals surface area contributed by atoms with E-state index >= 15 is 0 Å². The summed E-state index contributed by atoms with van der Waals surface area (Å²) in [4.78, 5) is 13.5. The average Bonchev–Trinajstić information content (AvgIpc) is 2.68. The second-order valence-corrected chi connectivity index (χ2v) is 10.5. The van der Waals surface area contributed by atoms with E-state index < -0.39 is 0 Å². The van der Waals surface area contributed by atoms with Gasteiger partial charge in [-0.05, 0) is 79.7 Å². The van der Waals surface area contributed by atoms with Gasteiger partial charge in [-0.1, -0.05) is 64.0 Å². The lowest BCUT2D eigenvalue weighted by molar-refractivity contribution is -0.139. The third kappa shape index (κ3) is 3.23. The van der Waals surface area contributed by atoms with E-state index in [4.69, 9.17) is 0 Å². The van der Waals surface area contributed by atoms with Crippen LogP contribution in [0.3, 0.4) is 0 Å². The Morgan fingerprint density at radius 3 is 2.57 bits per heavy atom. The molecule has 4 rings (SSSR count). The van der Waals surface area contributed by atoms with Crippen molar-refractivity contribution in [3.05, 3.63) is 42.0 Å². The molecule has 152 valence electrons. The van der Waals surface area contributed by atoms with Gasteiger partial charge in [0.15, 0.2) is 0 Å². The summed E-state index contributed by atoms with van der Waals surface area (Å²) in [6, 6.07) is 9.97. The van der Waals surface area contributed by atoms with Gasteiger partial charge in [0.2, 0.25) is 5.91 Å². The maximum atomic E-state index is 13.5. The van der Waals surface area contributed by atoms with E-state index in [1.807, 2.05) is 30.3 Å². The third-order valence-electron chi connectivity index (χ3n) is 8.65. The highest BCUT2D eigenvalue weighted by molar-refractivity contribution is 5.95. The van der Waals surface area contributed by atoms with Gasteiger partial charge >= 0.3 is 0 Å². The van der Waals surface area contributed by atoms with Crippen molar-refractivity contribution in [1.82, 2.24) is 0 Å². The highest BCUT2D eigenvalue weighted by atomic mass is 16.2. The van der Waals surface area contributed by atoms with Gasteiger partial charge < -0.3 is 5.32 Å². The Hall–Kier alpha value is -1.57. The van der Waals surface area contributed by atoms with Crippen molar-refractivity contribution < 1.29 is 4.79 Å². The minimum atomic E-state index is -0.278. The molecule has 0 saturated heterocycles. The number of hydrogen-bond donors (Lipinski definition) is 1. The Morgan fingerprint density at radius 1 is 1.11 bits per heavy atom. The number of rotatable bonds is 3. The molecule has 2 heteroatoms. The number of para-hydroxylation sites is 1. The van der Waals surface area contributed by atoms with Gasteiger partial charge in [-0.2, -0.15) is 0 Å². The first-order chi connectivity index (χ1) is 13.3. The van der Waals surface area contributed by atoms with E-state index in [1.54, 1.807) is 5.57 Å². The molecular formula is C26H37NO. The first-order valence-electron chi connectivity index (χ1n) is 11.4. The lowest BCUT2D eigenvalue weighted by Gasteiger charge is -2.58. The molecule has 2 nitrogen and oxygen atoms in total. The van der Waals surface area contributed by atoms with E-state index in [-0.39, 0.29) is 16.7 Å². The fourth-order valence-corrected chi connectivity index (χ4v) is 6.86. The molecule has 0 heterocycles. The summed E-state index contributed by atoms with van der Waals surface area (Å²) in [7, 11) is 0. The van der Waals surface area contributed by atoms with E-state index in [0.717, 1.165) is 30.4 Å². The predicted octanol–water partition coefficient (Wildman–Crippen LogP) is 6.84. The number of nitrogens with one attached hydrogen (secondary N) is 1. The minimum absolute atomic E-state index is 0.224. The molecule has 5 atom stereocenters. The fraction of sp³-hybridized carbons (Fsp3) is 0.654. The molecule has 0 aliphatic heterocycles. The SMILES string of the molecule is CC(C)C1CC[C@H]2C(=CCC3[C@](C)(C(=O)Nc4ccccc4)CCC[C@@]32C)C1. The zero-order chi connectivity index (χ0) is 19.9. The summed E-state index contributed by atoms with van der Waals surface area (Å²) in [5, 5.41) is 3.24. The third-order valence-corrected chi connectivity index (χ3v) is 8.65. The first kappa shape index (κ1) is 19.7. The number of carbonyl (C=O) groups excluding carboxylic acids is 1. The van der Waals surface area contributed by atoms with Crippen LogP contribution in [0, 0.1) is 34.5 Å². The number of allylic oxidation sites excluding steroid dienone is 2. The first-order valence-corrected chi connectivity index (χ1v) is 11.4. The van der Waals surface area contributed by atoms with Crippen molar-refractivity contribution in [3.63, 3.8) is 0 Å². The molecule has 2 fully saturated rings. The van der Waals surface area contributed by atoms with Crippen molar-refractivity contribution in [2.45, 2.75) is 72.6 Å². The Bertz CT molecular complexity index is 751. The number of hydrogen-bond acceptors (Lipinski definition) is 1. The van der Waals surface area contributed by atoms with Crippen molar-refractivity contribution in [2.24, 2.45) is 34.5 Å². The maximum Gasteiger partial charge on any atom is 0.230 e. The van der Waals surface area contributed by atoms with Gasteiger partial charge in [0.05, 0.1) is 5.41 Å². The minimum Gasteiger partial charge on any atom is -0.326 e. The lowest BCUT2D eigenvalue weighted by atomic mass is 9.46. The summed E-state index contributed by atoms with van der Waals surface area (Å²) in [5.41, 5.74) is 2.63. The normalized spacial score (nSPS) is 37.6. The van der Waals surface area contributed by atoms with Gasteiger partial charge in [0.25, 0.3) is 0 Å². The van der Waals surface area contributed by atoms with Crippen LogP contribution in [0.1, 0.15) is 72.6 Å². The molecule has 1 aromatic carbocycles. The molecule has 2 unspecified atom stereocenters. The molecule has 0 aromatic heterocycles. The topological polar surface area (TPSA) is 29.1 Å². The number of carbonyl (C=O) groups is 1. The second kappa shape index (κ2) is 7.35. The van der Waals surface area contributed by atoms with Crippen LogP contribution in [-0.2, 0) is 4.79 Å².